The summed E-state index contributed by atoms with van der Waals surface area (Å²) in [6.07, 6.45) is 5.48. The van der Waals surface area contributed by atoms with Gasteiger partial charge in [-0.2, -0.15) is 0 Å². The van der Waals surface area contributed by atoms with E-state index >= 15 is 0 Å². The van der Waals surface area contributed by atoms with Crippen molar-refractivity contribution in [3.63, 3.8) is 0 Å². The third-order valence-corrected chi connectivity index (χ3v) is 16.4. The van der Waals surface area contributed by atoms with Crippen LogP contribution in [-0.4, -0.2) is 124 Å². The third kappa shape index (κ3) is 17.6. The summed E-state index contributed by atoms with van der Waals surface area (Å²) in [7, 11) is 2.09. The second-order valence-electron chi connectivity index (χ2n) is 21.4. The lowest BCUT2D eigenvalue weighted by molar-refractivity contribution is -0.136. The van der Waals surface area contributed by atoms with Gasteiger partial charge in [-0.05, 0) is 94.9 Å². The first-order valence-corrected chi connectivity index (χ1v) is 29.5. The second kappa shape index (κ2) is 29.2. The van der Waals surface area contributed by atoms with Crippen LogP contribution in [0.1, 0.15) is 62.3 Å². The lowest BCUT2D eigenvalue weighted by atomic mass is 9.85. The summed E-state index contributed by atoms with van der Waals surface area (Å²) in [4.78, 5) is 123. The first kappa shape index (κ1) is 61.8. The molecule has 14 N–H and O–H groups in total. The zero-order chi connectivity index (χ0) is 58.9. The van der Waals surface area contributed by atoms with E-state index in [2.05, 4.69) is 47.2 Å². The third-order valence-electron chi connectivity index (χ3n) is 14.0. The summed E-state index contributed by atoms with van der Waals surface area (Å²) in [6, 6.07) is 18.8. The molecule has 0 saturated carbocycles. The Morgan fingerprint density at radius 3 is 2.07 bits per heavy atom. The van der Waals surface area contributed by atoms with E-state index in [4.69, 9.17) is 17.2 Å². The Balaban J connectivity index is 1.26. The zero-order valence-corrected chi connectivity index (χ0v) is 47.5. The number of halogens is 1. The molecule has 20 nitrogen and oxygen atoms in total. The van der Waals surface area contributed by atoms with Gasteiger partial charge in [-0.1, -0.05) is 121 Å². The molecule has 434 valence electrons. The number of H-pyrrole nitrogens is 1. The quantitative estimate of drug-likeness (QED) is 0.0463. The summed E-state index contributed by atoms with van der Waals surface area (Å²) in [5.74, 6) is -7.13. The van der Waals surface area contributed by atoms with Gasteiger partial charge in [-0.3, -0.25) is 43.3 Å². The first-order valence-electron chi connectivity index (χ1n) is 27.0. The molecule has 4 aromatic carbocycles. The number of hydrogen-bond donors (Lipinski definition) is 11. The lowest BCUT2D eigenvalue weighted by Crippen LogP contribution is -2.63. The Hall–Kier alpha value is -7.86. The molecular formula is C59H71FN12O8S2. The fourth-order valence-electron chi connectivity index (χ4n) is 9.39. The number of fused-ring (bicyclic) bond motifs is 2. The molecule has 7 rings (SSSR count). The SMILES string of the molecule is CC(C)(C)[C@@H]1NC(=O)[C@H](CCCCN)NC(=O)[C@@H](Cc2c[nH]c3ccccc23)NC(=O)[C@H](Cc2cccnc2)NC(=O)[C@H](NC(=O)[C@H](N)Cc2ccc(F)cc2)CSSC[C@@H](C(=O)N[C@@H](Cc2ccc3ccccc3c2)C(N)=O)NC1=O. The van der Waals surface area contributed by atoms with Gasteiger partial charge in [0.1, 0.15) is 48.1 Å². The minimum atomic E-state index is -1.40. The van der Waals surface area contributed by atoms with E-state index < -0.39 is 107 Å². The normalized spacial score (nSPS) is 20.7. The second-order valence-corrected chi connectivity index (χ2v) is 23.9. The number of nitrogens with zero attached hydrogens (tertiary/aromatic N) is 1. The summed E-state index contributed by atoms with van der Waals surface area (Å²) >= 11 is 0. The molecule has 3 heterocycles. The number of rotatable bonds is 17. The lowest BCUT2D eigenvalue weighted by Gasteiger charge is -2.33. The summed E-state index contributed by atoms with van der Waals surface area (Å²) in [5, 5.41) is 22.2. The van der Waals surface area contributed by atoms with Crippen LogP contribution in [0.3, 0.4) is 0 Å². The van der Waals surface area contributed by atoms with Crippen LogP contribution in [0.5, 0.6) is 0 Å². The predicted octanol–water partition coefficient (Wildman–Crippen LogP) is 2.90. The Bertz CT molecular complexity index is 3220. The number of nitrogens with two attached hydrogens (primary N) is 3. The molecule has 0 radical (unpaired) electrons. The predicted molar refractivity (Wildman–Crippen MR) is 316 cm³/mol. The van der Waals surface area contributed by atoms with Crippen LogP contribution in [0.15, 0.2) is 122 Å². The molecule has 2 aromatic heterocycles. The van der Waals surface area contributed by atoms with Crippen LogP contribution in [0.25, 0.3) is 21.7 Å². The number of carbonyl (C=O) groups excluding carboxylic acids is 8. The van der Waals surface area contributed by atoms with Gasteiger partial charge < -0.3 is 59.4 Å². The van der Waals surface area contributed by atoms with Gasteiger partial charge in [0.25, 0.3) is 0 Å². The fraction of sp³-hybridized carbons (Fsp3) is 0.373. The van der Waals surface area contributed by atoms with Crippen molar-refractivity contribution in [3.05, 3.63) is 150 Å². The number of unbranched alkanes of at least 4 members (excludes halogenated alkanes) is 1. The van der Waals surface area contributed by atoms with Crippen LogP contribution in [0.4, 0.5) is 4.39 Å². The molecule has 1 fully saturated rings. The molecule has 8 amide bonds. The molecule has 1 aliphatic rings. The van der Waals surface area contributed by atoms with Crippen molar-refractivity contribution in [3.8, 4) is 0 Å². The summed E-state index contributed by atoms with van der Waals surface area (Å²) in [6.45, 7) is 5.42. The Morgan fingerprint density at radius 2 is 1.37 bits per heavy atom. The van der Waals surface area contributed by atoms with Gasteiger partial charge in [0.2, 0.25) is 47.3 Å². The molecule has 1 aliphatic heterocycles. The highest BCUT2D eigenvalue weighted by molar-refractivity contribution is 8.76. The zero-order valence-electron chi connectivity index (χ0n) is 45.9. The number of aromatic amines is 1. The van der Waals surface area contributed by atoms with E-state index in [0.717, 1.165) is 43.3 Å². The van der Waals surface area contributed by atoms with Gasteiger partial charge in [-0.25, -0.2) is 4.39 Å². The number of primary amides is 1. The topological polar surface area (TPSA) is 328 Å². The van der Waals surface area contributed by atoms with Crippen molar-refractivity contribution in [1.82, 2.24) is 47.2 Å². The standard InChI is InChI=1S/C59H71FN12O8S2/c1-59(2,3)50-58(80)71-49(56(78)67-45(51(63)73)27-35-17-20-37-12-4-5-13-38(37)25-35)33-82-81-32-48(70-52(74)42(62)26-34-18-21-40(60)22-19-34)57(79)68-46(28-36-11-10-24-64-30-36)54(76)69-47(29-39-31-65-43-15-7-6-14-41(39)43)55(77)66-44(53(75)72-50)16-8-9-23-61/h4-7,10-15,17-22,24-25,30-31,42,44-50,65H,8-9,16,23,26-29,32-33,61-62H2,1-3H3,(H2,63,73)(H,66,77)(H,67,78)(H,68,79)(H,69,76)(H,70,74)(H,71,80)(H,72,75)/t42-,44+,45+,46+,47-,48-,49+,50-/m1/s1. The molecule has 6 aromatic rings. The van der Waals surface area contributed by atoms with Crippen LogP contribution in [-0.2, 0) is 64.0 Å². The van der Waals surface area contributed by atoms with Crippen molar-refractivity contribution in [1.29, 1.82) is 0 Å². The number of carbonyl (C=O) groups is 8. The number of nitrogens with one attached hydrogen (secondary N) is 8. The van der Waals surface area contributed by atoms with Gasteiger partial charge in [-0.15, -0.1) is 0 Å². The number of para-hydroxylation sites is 1. The molecule has 8 atom stereocenters. The van der Waals surface area contributed by atoms with E-state index in [1.54, 1.807) is 45.3 Å². The number of pyridine rings is 1. The van der Waals surface area contributed by atoms with Gasteiger partial charge in [0.05, 0.1) is 6.04 Å². The smallest absolute Gasteiger partial charge is 0.244 e. The van der Waals surface area contributed by atoms with Crippen LogP contribution >= 0.6 is 21.6 Å². The highest BCUT2D eigenvalue weighted by atomic mass is 33.1. The molecule has 0 unspecified atom stereocenters. The van der Waals surface area contributed by atoms with E-state index in [9.17, 15) is 42.7 Å². The monoisotopic (exact) mass is 1160 g/mol. The Morgan fingerprint density at radius 1 is 0.707 bits per heavy atom. The average molecular weight is 1160 g/mol. The van der Waals surface area contributed by atoms with Crippen molar-refractivity contribution in [2.45, 2.75) is 114 Å². The van der Waals surface area contributed by atoms with E-state index in [-0.39, 0.29) is 50.2 Å². The van der Waals surface area contributed by atoms with Crippen molar-refractivity contribution < 1.29 is 42.7 Å². The van der Waals surface area contributed by atoms with E-state index in [1.165, 1.54) is 30.5 Å². The fourth-order valence-corrected chi connectivity index (χ4v) is 11.7. The van der Waals surface area contributed by atoms with Crippen LogP contribution in [0.2, 0.25) is 0 Å². The highest BCUT2D eigenvalue weighted by Crippen LogP contribution is 2.26. The maximum atomic E-state index is 14.9. The van der Waals surface area contributed by atoms with Crippen molar-refractivity contribution >= 4 is 90.5 Å². The van der Waals surface area contributed by atoms with Crippen LogP contribution < -0.4 is 54.4 Å². The minimum absolute atomic E-state index is 0.00856. The number of amides is 8. The average Bonchev–Trinajstić information content (AvgIpc) is 3.90. The molecule has 0 aliphatic carbocycles. The summed E-state index contributed by atoms with van der Waals surface area (Å²) in [5.41, 5.74) is 20.4. The number of aromatic nitrogens is 2. The molecule has 23 heteroatoms. The largest absolute Gasteiger partial charge is 0.368 e. The van der Waals surface area contributed by atoms with E-state index in [1.807, 2.05) is 66.7 Å². The van der Waals surface area contributed by atoms with Gasteiger partial charge in [0, 0.05) is 60.3 Å². The molecular weight excluding hydrogens is 1090 g/mol. The number of hydrogen-bond acceptors (Lipinski definition) is 13. The molecule has 1 saturated heterocycles. The van der Waals surface area contributed by atoms with Crippen LogP contribution in [0, 0.1) is 11.2 Å². The highest BCUT2D eigenvalue weighted by Gasteiger charge is 2.39. The number of benzene rings is 4. The Labute approximate surface area is 482 Å². The van der Waals surface area contributed by atoms with Gasteiger partial charge >= 0.3 is 0 Å². The minimum Gasteiger partial charge on any atom is -0.368 e. The Kier molecular flexibility index (Phi) is 22.0. The first-order chi connectivity index (χ1) is 39.3. The maximum Gasteiger partial charge on any atom is 0.244 e. The summed E-state index contributed by atoms with van der Waals surface area (Å²) < 4.78 is 13.8. The van der Waals surface area contributed by atoms with Crippen molar-refractivity contribution in [2.75, 3.05) is 18.1 Å². The van der Waals surface area contributed by atoms with E-state index in [0.29, 0.717) is 35.1 Å². The van der Waals surface area contributed by atoms with Gasteiger partial charge in [0.15, 0.2) is 0 Å². The molecule has 0 spiro atoms. The molecule has 82 heavy (non-hydrogen) atoms. The molecule has 0 bridgehead atoms. The maximum absolute atomic E-state index is 14.9. The van der Waals surface area contributed by atoms with Crippen molar-refractivity contribution in [2.24, 2.45) is 22.6 Å².